The van der Waals surface area contributed by atoms with Crippen LogP contribution in [0.1, 0.15) is 24.0 Å². The van der Waals surface area contributed by atoms with Gasteiger partial charge in [0.1, 0.15) is 13.2 Å². The Balaban J connectivity index is 1.16. The first-order valence-corrected chi connectivity index (χ1v) is 10.2. The summed E-state index contributed by atoms with van der Waals surface area (Å²) in [5.41, 5.74) is 2.11. The van der Waals surface area contributed by atoms with Gasteiger partial charge in [0.05, 0.1) is 12.4 Å². The highest BCUT2D eigenvalue weighted by Gasteiger charge is 1.98. The van der Waals surface area contributed by atoms with Crippen LogP contribution in [0.15, 0.2) is 95.2 Å². The van der Waals surface area contributed by atoms with Crippen molar-refractivity contribution in [2.45, 2.75) is 12.8 Å². The largest absolute Gasteiger partial charge is 0.396 e. The Hall–Kier alpha value is -3.66. The van der Waals surface area contributed by atoms with Gasteiger partial charge in [0.15, 0.2) is 0 Å². The number of hydrogen-bond donors (Lipinski definition) is 0. The van der Waals surface area contributed by atoms with Crippen molar-refractivity contribution in [2.75, 3.05) is 13.2 Å². The van der Waals surface area contributed by atoms with E-state index in [1.54, 1.807) is 12.4 Å². The summed E-state index contributed by atoms with van der Waals surface area (Å²) in [6.45, 7) is 1.11. The molecule has 30 heavy (non-hydrogen) atoms. The molecule has 0 saturated heterocycles. The minimum atomic E-state index is 0.553. The molecule has 4 aromatic rings. The summed E-state index contributed by atoms with van der Waals surface area (Å²) in [6.07, 6.45) is 5.26. The van der Waals surface area contributed by atoms with Gasteiger partial charge >= 0.3 is 0 Å². The van der Waals surface area contributed by atoms with Crippen molar-refractivity contribution >= 4 is 34.0 Å². The van der Waals surface area contributed by atoms with Crippen molar-refractivity contribution in [3.63, 3.8) is 0 Å². The molecule has 0 unspecified atom stereocenters. The fourth-order valence-corrected chi connectivity index (χ4v) is 3.35. The minimum Gasteiger partial charge on any atom is -0.396 e. The number of hydrogen-bond acceptors (Lipinski definition) is 4. The summed E-state index contributed by atoms with van der Waals surface area (Å²) in [5.74, 6) is 0. The Labute approximate surface area is 176 Å². The predicted molar refractivity (Wildman–Crippen MR) is 124 cm³/mol. The van der Waals surface area contributed by atoms with E-state index in [4.69, 9.17) is 9.68 Å². The van der Waals surface area contributed by atoms with Gasteiger partial charge in [-0.1, -0.05) is 95.2 Å². The zero-order chi connectivity index (χ0) is 20.4. The van der Waals surface area contributed by atoms with Gasteiger partial charge in [0.25, 0.3) is 0 Å². The van der Waals surface area contributed by atoms with Crippen LogP contribution >= 0.6 is 0 Å². The van der Waals surface area contributed by atoms with E-state index in [1.165, 1.54) is 21.5 Å². The molecule has 4 heteroatoms. The zero-order valence-corrected chi connectivity index (χ0v) is 16.8. The maximum atomic E-state index is 5.39. The maximum Gasteiger partial charge on any atom is 0.117 e. The second-order valence-corrected chi connectivity index (χ2v) is 6.98. The second-order valence-electron chi connectivity index (χ2n) is 6.98. The lowest BCUT2D eigenvalue weighted by Gasteiger charge is -2.03. The normalized spacial score (nSPS) is 11.6. The third-order valence-electron chi connectivity index (χ3n) is 4.90. The Bertz CT molecular complexity index is 1060. The van der Waals surface area contributed by atoms with Gasteiger partial charge in [-0.3, -0.25) is 0 Å². The average molecular weight is 396 g/mol. The molecule has 4 aromatic carbocycles. The van der Waals surface area contributed by atoms with Crippen LogP contribution in [0.25, 0.3) is 21.5 Å². The third-order valence-corrected chi connectivity index (χ3v) is 4.90. The van der Waals surface area contributed by atoms with Gasteiger partial charge < -0.3 is 9.68 Å². The van der Waals surface area contributed by atoms with Crippen LogP contribution in [0, 0.1) is 0 Å². The quantitative estimate of drug-likeness (QED) is 0.193. The number of nitrogens with zero attached hydrogens (tertiary/aromatic N) is 2. The monoisotopic (exact) mass is 396 g/mol. The van der Waals surface area contributed by atoms with E-state index in [-0.39, 0.29) is 0 Å². The van der Waals surface area contributed by atoms with E-state index >= 15 is 0 Å². The molecule has 0 bridgehead atoms. The molecule has 150 valence electrons. The number of benzene rings is 4. The van der Waals surface area contributed by atoms with Crippen molar-refractivity contribution in [1.29, 1.82) is 0 Å². The van der Waals surface area contributed by atoms with Gasteiger partial charge in [-0.2, -0.15) is 0 Å². The summed E-state index contributed by atoms with van der Waals surface area (Å²) in [5, 5.41) is 12.9. The second kappa shape index (κ2) is 10.2. The molecule has 4 rings (SSSR count). The van der Waals surface area contributed by atoms with E-state index in [0.29, 0.717) is 13.2 Å². The van der Waals surface area contributed by atoms with E-state index < -0.39 is 0 Å². The smallest absolute Gasteiger partial charge is 0.117 e. The molecule has 0 N–H and O–H groups in total. The van der Waals surface area contributed by atoms with E-state index in [0.717, 1.165) is 24.0 Å². The molecule has 4 nitrogen and oxygen atoms in total. The summed E-state index contributed by atoms with van der Waals surface area (Å²) in [7, 11) is 0. The van der Waals surface area contributed by atoms with Gasteiger partial charge in [0, 0.05) is 11.1 Å². The van der Waals surface area contributed by atoms with Gasteiger partial charge in [0.2, 0.25) is 0 Å². The number of rotatable bonds is 9. The van der Waals surface area contributed by atoms with Crippen LogP contribution in [-0.2, 0) is 9.68 Å². The van der Waals surface area contributed by atoms with Crippen LogP contribution in [0.3, 0.4) is 0 Å². The van der Waals surface area contributed by atoms with Gasteiger partial charge in [-0.15, -0.1) is 0 Å². The lowest BCUT2D eigenvalue weighted by Crippen LogP contribution is -1.94. The highest BCUT2D eigenvalue weighted by Crippen LogP contribution is 2.17. The van der Waals surface area contributed by atoms with Crippen molar-refractivity contribution in [1.82, 2.24) is 0 Å². The van der Waals surface area contributed by atoms with Crippen LogP contribution < -0.4 is 0 Å². The van der Waals surface area contributed by atoms with Crippen molar-refractivity contribution < 1.29 is 9.68 Å². The molecule has 0 aromatic heterocycles. The Morgan fingerprint density at radius 1 is 0.533 bits per heavy atom. The Morgan fingerprint density at radius 3 is 1.47 bits per heavy atom. The fraction of sp³-hybridized carbons (Fsp3) is 0.154. The first kappa shape index (κ1) is 19.6. The summed E-state index contributed by atoms with van der Waals surface area (Å²) in [6, 6.07) is 28.8. The zero-order valence-electron chi connectivity index (χ0n) is 16.8. The Morgan fingerprint density at radius 2 is 0.967 bits per heavy atom. The fourth-order valence-electron chi connectivity index (χ4n) is 3.35. The molecular weight excluding hydrogens is 372 g/mol. The van der Waals surface area contributed by atoms with Crippen molar-refractivity contribution in [2.24, 2.45) is 10.3 Å². The molecule has 0 aliphatic carbocycles. The molecule has 0 saturated carbocycles. The Kier molecular flexibility index (Phi) is 6.69. The highest BCUT2D eigenvalue weighted by molar-refractivity contribution is 6.00. The molecule has 0 aliphatic heterocycles. The van der Waals surface area contributed by atoms with Crippen LogP contribution in [0.4, 0.5) is 0 Å². The molecule has 0 radical (unpaired) electrons. The molecule has 0 heterocycles. The summed E-state index contributed by atoms with van der Waals surface area (Å²) < 4.78 is 0. The number of fused-ring (bicyclic) bond motifs is 2. The van der Waals surface area contributed by atoms with Crippen LogP contribution in [0.2, 0.25) is 0 Å². The van der Waals surface area contributed by atoms with E-state index in [9.17, 15) is 0 Å². The van der Waals surface area contributed by atoms with Gasteiger partial charge in [-0.05, 0) is 34.4 Å². The van der Waals surface area contributed by atoms with Crippen LogP contribution in [-0.4, -0.2) is 25.6 Å². The van der Waals surface area contributed by atoms with E-state index in [1.807, 2.05) is 48.5 Å². The first-order valence-electron chi connectivity index (χ1n) is 10.2. The van der Waals surface area contributed by atoms with Crippen LogP contribution in [0.5, 0.6) is 0 Å². The average Bonchev–Trinajstić information content (AvgIpc) is 2.80. The highest BCUT2D eigenvalue weighted by atomic mass is 16.6. The number of oxime groups is 2. The molecule has 0 spiro atoms. The first-order chi connectivity index (χ1) is 14.9. The van der Waals surface area contributed by atoms with Gasteiger partial charge in [-0.25, -0.2) is 0 Å². The topological polar surface area (TPSA) is 43.2 Å². The number of unbranched alkanes of at least 4 members (excludes halogenated alkanes) is 1. The SMILES string of the molecule is C(=N\OCCCCO/N=C/c1cccc2ccccc12)/c1cccc2ccccc12. The van der Waals surface area contributed by atoms with Crippen molar-refractivity contribution in [3.8, 4) is 0 Å². The van der Waals surface area contributed by atoms with E-state index in [2.05, 4.69) is 46.7 Å². The van der Waals surface area contributed by atoms with Crippen molar-refractivity contribution in [3.05, 3.63) is 96.1 Å². The third kappa shape index (κ3) is 5.03. The summed E-state index contributed by atoms with van der Waals surface area (Å²) in [4.78, 5) is 10.8. The molecule has 0 aliphatic rings. The molecular formula is C26H24N2O2. The predicted octanol–water partition coefficient (Wildman–Crippen LogP) is 6.17. The molecule has 0 amide bonds. The lowest BCUT2D eigenvalue weighted by atomic mass is 10.1. The lowest BCUT2D eigenvalue weighted by molar-refractivity contribution is 0.112. The summed E-state index contributed by atoms with van der Waals surface area (Å²) >= 11 is 0. The molecule has 0 fully saturated rings. The molecule has 0 atom stereocenters. The maximum absolute atomic E-state index is 5.39. The standard InChI is InChI=1S/C26H24N2O2/c1-3-15-25-21(9-1)11-7-13-23(25)19-27-29-17-5-6-18-30-28-20-24-14-8-12-22-10-2-4-16-26(22)24/h1-4,7-16,19-20H,5-6,17-18H2/b27-19+,28-20+. The minimum absolute atomic E-state index is 0.553.